The molecule has 0 aliphatic heterocycles. The Kier molecular flexibility index (Phi) is 10.1. The number of urea groups is 1. The van der Waals surface area contributed by atoms with Crippen LogP contribution in [0.2, 0.25) is 0 Å². The van der Waals surface area contributed by atoms with Crippen LogP contribution >= 0.6 is 0 Å². The number of hydrogen-bond donors (Lipinski definition) is 2. The lowest BCUT2D eigenvalue weighted by molar-refractivity contribution is -0.116. The van der Waals surface area contributed by atoms with Crippen LogP contribution < -0.4 is 10.6 Å². The van der Waals surface area contributed by atoms with Gasteiger partial charge in [0, 0.05) is 23.9 Å². The molecule has 7 nitrogen and oxygen atoms in total. The molecule has 4 rings (SSSR count). The summed E-state index contributed by atoms with van der Waals surface area (Å²) in [6, 6.07) is 23.8. The van der Waals surface area contributed by atoms with Gasteiger partial charge in [-0.2, -0.15) is 5.10 Å². The molecule has 0 fully saturated rings. The van der Waals surface area contributed by atoms with Gasteiger partial charge in [-0.3, -0.25) is 4.79 Å². The molecule has 1 heterocycles. The average Bonchev–Trinajstić information content (AvgIpc) is 3.35. The van der Waals surface area contributed by atoms with Crippen molar-refractivity contribution < 1.29 is 9.59 Å². The Balaban J connectivity index is 1.63. The molecule has 0 aliphatic carbocycles. The van der Waals surface area contributed by atoms with E-state index in [0.717, 1.165) is 44.9 Å². The number of aromatic nitrogens is 2. The van der Waals surface area contributed by atoms with E-state index in [0.29, 0.717) is 12.4 Å². The van der Waals surface area contributed by atoms with E-state index in [1.165, 1.54) is 0 Å². The Labute approximate surface area is 256 Å². The fourth-order valence-corrected chi connectivity index (χ4v) is 5.34. The summed E-state index contributed by atoms with van der Waals surface area (Å²) >= 11 is 0. The molecule has 43 heavy (non-hydrogen) atoms. The van der Waals surface area contributed by atoms with Crippen LogP contribution in [0.3, 0.4) is 0 Å². The summed E-state index contributed by atoms with van der Waals surface area (Å²) < 4.78 is 1.77. The molecule has 0 saturated heterocycles. The van der Waals surface area contributed by atoms with Gasteiger partial charge in [-0.1, -0.05) is 108 Å². The minimum Gasteiger partial charge on any atom is -0.315 e. The summed E-state index contributed by atoms with van der Waals surface area (Å²) in [5, 5.41) is 11.1. The first kappa shape index (κ1) is 31.5. The fraction of sp³-hybridized carbons (Fsp3) is 0.361. The molecule has 1 aromatic heterocycles. The third-order valence-corrected chi connectivity index (χ3v) is 7.44. The standard InChI is InChI=1S/C36H45N5O2/c1-23(2)21-40(36(43)38-35-29(24(3)4)15-12-16-30(35)25(5)6)22-34(42)37-33-20-31(28-13-10-9-11-14-28)39-41(33)32-18-17-26(7)19-27(32)8/h9-20,23-25H,21-22H2,1-8H3,(H,37,42)(H,38,43). The zero-order valence-electron chi connectivity index (χ0n) is 26.7. The number of benzene rings is 3. The SMILES string of the molecule is Cc1ccc(-n2nc(-c3ccccc3)cc2NC(=O)CN(CC(C)C)C(=O)Nc2c(C(C)C)cccc2C(C)C)c(C)c1. The number of nitrogens with zero attached hydrogens (tertiary/aromatic N) is 3. The first-order valence-corrected chi connectivity index (χ1v) is 15.2. The van der Waals surface area contributed by atoms with Crippen LogP contribution in [0.1, 0.15) is 75.6 Å². The molecule has 2 N–H and O–H groups in total. The summed E-state index contributed by atoms with van der Waals surface area (Å²) in [5.74, 6) is 0.907. The quantitative estimate of drug-likeness (QED) is 0.198. The summed E-state index contributed by atoms with van der Waals surface area (Å²) in [5.41, 5.74) is 7.78. The van der Waals surface area contributed by atoms with E-state index < -0.39 is 0 Å². The molecular formula is C36H45N5O2. The van der Waals surface area contributed by atoms with Crippen LogP contribution in [0.4, 0.5) is 16.3 Å². The van der Waals surface area contributed by atoms with E-state index >= 15 is 0 Å². The van der Waals surface area contributed by atoms with Gasteiger partial charge in [0.1, 0.15) is 12.4 Å². The second-order valence-electron chi connectivity index (χ2n) is 12.4. The Morgan fingerprint density at radius 2 is 1.47 bits per heavy atom. The van der Waals surface area contributed by atoms with Crippen molar-refractivity contribution in [1.82, 2.24) is 14.7 Å². The molecule has 0 atom stereocenters. The highest BCUT2D eigenvalue weighted by molar-refractivity contribution is 5.97. The van der Waals surface area contributed by atoms with Crippen LogP contribution in [0.15, 0.2) is 72.8 Å². The van der Waals surface area contributed by atoms with E-state index in [1.54, 1.807) is 9.58 Å². The smallest absolute Gasteiger partial charge is 0.315 e. The first-order chi connectivity index (χ1) is 20.4. The van der Waals surface area contributed by atoms with Crippen molar-refractivity contribution in [3.63, 3.8) is 0 Å². The second kappa shape index (κ2) is 13.7. The number of carbonyl (C=O) groups is 2. The van der Waals surface area contributed by atoms with Gasteiger partial charge >= 0.3 is 6.03 Å². The molecule has 0 spiro atoms. The zero-order valence-corrected chi connectivity index (χ0v) is 26.7. The number of aryl methyl sites for hydroxylation is 2. The number of amides is 3. The van der Waals surface area contributed by atoms with E-state index in [1.807, 2.05) is 75.4 Å². The molecule has 0 aliphatic rings. The molecule has 3 amide bonds. The predicted octanol–water partition coefficient (Wildman–Crippen LogP) is 8.53. The number of anilines is 2. The summed E-state index contributed by atoms with van der Waals surface area (Å²) in [4.78, 5) is 29.0. The van der Waals surface area contributed by atoms with Crippen LogP contribution in [0.25, 0.3) is 16.9 Å². The number of para-hydroxylation sites is 1. The van der Waals surface area contributed by atoms with Gasteiger partial charge in [-0.25, -0.2) is 9.48 Å². The highest BCUT2D eigenvalue weighted by Crippen LogP contribution is 2.33. The van der Waals surface area contributed by atoms with E-state index in [4.69, 9.17) is 5.10 Å². The lowest BCUT2D eigenvalue weighted by Crippen LogP contribution is -2.43. The number of nitrogens with one attached hydrogen (secondary N) is 2. The fourth-order valence-electron chi connectivity index (χ4n) is 5.34. The maximum absolute atomic E-state index is 13.8. The summed E-state index contributed by atoms with van der Waals surface area (Å²) in [6.45, 7) is 17.0. The van der Waals surface area contributed by atoms with E-state index in [9.17, 15) is 9.59 Å². The molecule has 0 saturated carbocycles. The predicted molar refractivity (Wildman–Crippen MR) is 177 cm³/mol. The van der Waals surface area contributed by atoms with E-state index in [-0.39, 0.29) is 36.2 Å². The summed E-state index contributed by atoms with van der Waals surface area (Å²) in [6.07, 6.45) is 0. The summed E-state index contributed by atoms with van der Waals surface area (Å²) in [7, 11) is 0. The monoisotopic (exact) mass is 579 g/mol. The van der Waals surface area contributed by atoms with Gasteiger partial charge in [0.15, 0.2) is 0 Å². The van der Waals surface area contributed by atoms with Crippen LogP contribution in [0, 0.1) is 19.8 Å². The van der Waals surface area contributed by atoms with Gasteiger partial charge < -0.3 is 15.5 Å². The van der Waals surface area contributed by atoms with Crippen molar-refractivity contribution in [1.29, 1.82) is 0 Å². The Bertz CT molecular complexity index is 1540. The largest absolute Gasteiger partial charge is 0.322 e. The Hall–Kier alpha value is -4.39. The highest BCUT2D eigenvalue weighted by atomic mass is 16.2. The van der Waals surface area contributed by atoms with Crippen LogP contribution in [-0.4, -0.2) is 39.7 Å². The average molecular weight is 580 g/mol. The minimum absolute atomic E-state index is 0.0936. The number of rotatable bonds is 10. The third kappa shape index (κ3) is 7.72. The molecule has 0 radical (unpaired) electrons. The Morgan fingerprint density at radius 3 is 2.05 bits per heavy atom. The molecule has 3 aromatic carbocycles. The lowest BCUT2D eigenvalue weighted by atomic mass is 9.93. The molecule has 4 aromatic rings. The van der Waals surface area contributed by atoms with Crippen molar-refractivity contribution >= 4 is 23.4 Å². The molecule has 0 bridgehead atoms. The molecular weight excluding hydrogens is 534 g/mol. The third-order valence-electron chi connectivity index (χ3n) is 7.44. The number of carbonyl (C=O) groups excluding carboxylic acids is 2. The topological polar surface area (TPSA) is 79.3 Å². The van der Waals surface area contributed by atoms with Crippen LogP contribution in [0.5, 0.6) is 0 Å². The molecule has 0 unspecified atom stereocenters. The Morgan fingerprint density at radius 1 is 0.814 bits per heavy atom. The lowest BCUT2D eigenvalue weighted by Gasteiger charge is -2.27. The van der Waals surface area contributed by atoms with Gasteiger partial charge in [-0.15, -0.1) is 0 Å². The molecule has 7 heteroatoms. The van der Waals surface area contributed by atoms with Crippen molar-refractivity contribution in [3.05, 3.63) is 95.1 Å². The van der Waals surface area contributed by atoms with Gasteiger partial charge in [0.2, 0.25) is 5.91 Å². The zero-order chi connectivity index (χ0) is 31.3. The van der Waals surface area contributed by atoms with Crippen molar-refractivity contribution in [3.8, 4) is 16.9 Å². The first-order valence-electron chi connectivity index (χ1n) is 15.2. The second-order valence-corrected chi connectivity index (χ2v) is 12.4. The minimum atomic E-state index is -0.289. The van der Waals surface area contributed by atoms with Gasteiger partial charge in [-0.05, 0) is 54.4 Å². The highest BCUT2D eigenvalue weighted by Gasteiger charge is 2.23. The van der Waals surface area contributed by atoms with Crippen molar-refractivity contribution in [2.24, 2.45) is 5.92 Å². The van der Waals surface area contributed by atoms with Crippen molar-refractivity contribution in [2.75, 3.05) is 23.7 Å². The maximum Gasteiger partial charge on any atom is 0.322 e. The van der Waals surface area contributed by atoms with Crippen LogP contribution in [-0.2, 0) is 4.79 Å². The maximum atomic E-state index is 13.8. The molecule has 226 valence electrons. The van der Waals surface area contributed by atoms with E-state index in [2.05, 4.69) is 63.5 Å². The normalized spacial score (nSPS) is 11.3. The number of hydrogen-bond acceptors (Lipinski definition) is 3. The van der Waals surface area contributed by atoms with Gasteiger partial charge in [0.05, 0.1) is 11.4 Å². The van der Waals surface area contributed by atoms with Crippen molar-refractivity contribution in [2.45, 2.75) is 67.2 Å². The van der Waals surface area contributed by atoms with Gasteiger partial charge in [0.25, 0.3) is 0 Å².